The summed E-state index contributed by atoms with van der Waals surface area (Å²) in [6, 6.07) is 78.5. The van der Waals surface area contributed by atoms with Crippen LogP contribution in [0.5, 0.6) is 11.5 Å². The highest BCUT2D eigenvalue weighted by Gasteiger charge is 2.47. The minimum absolute atomic E-state index is 0.229. The van der Waals surface area contributed by atoms with E-state index in [1.807, 2.05) is 0 Å². The lowest BCUT2D eigenvalue weighted by molar-refractivity contribution is 0.479. The van der Waals surface area contributed by atoms with Crippen LogP contribution in [0.4, 0.5) is 0 Å². The van der Waals surface area contributed by atoms with Crippen molar-refractivity contribution in [3.63, 3.8) is 0 Å². The number of phenolic OH excluding ortho intramolecular Hbond substituents is 2. The fourth-order valence-corrected chi connectivity index (χ4v) is 12.1. The number of benzene rings is 12. The number of phenols is 2. The molecule has 1 aliphatic carbocycles. The molecule has 12 aromatic carbocycles. The van der Waals surface area contributed by atoms with Gasteiger partial charge in [-0.25, -0.2) is 0 Å². The van der Waals surface area contributed by atoms with Gasteiger partial charge in [-0.05, 0) is 197 Å². The van der Waals surface area contributed by atoms with Crippen LogP contribution in [0, 0.1) is 27.7 Å². The number of rotatable bonds is 6. The van der Waals surface area contributed by atoms with E-state index in [9.17, 15) is 10.2 Å². The van der Waals surface area contributed by atoms with Crippen LogP contribution >= 0.6 is 0 Å². The van der Waals surface area contributed by atoms with E-state index < -0.39 is 5.41 Å². The summed E-state index contributed by atoms with van der Waals surface area (Å²) in [5, 5.41) is 35.1. The summed E-state index contributed by atoms with van der Waals surface area (Å²) < 4.78 is 0. The first-order chi connectivity index (χ1) is 34.6. The molecule has 0 spiro atoms. The second kappa shape index (κ2) is 16.2. The molecule has 0 saturated heterocycles. The molecule has 338 valence electrons. The van der Waals surface area contributed by atoms with Crippen molar-refractivity contribution in [2.75, 3.05) is 0 Å². The van der Waals surface area contributed by atoms with E-state index in [0.29, 0.717) is 0 Å². The van der Waals surface area contributed by atoms with Gasteiger partial charge in [0.25, 0.3) is 0 Å². The predicted octanol–water partition coefficient (Wildman–Crippen LogP) is 18.0. The monoisotopic (exact) mass is 910 g/mol. The maximum absolute atomic E-state index is 13.0. The summed E-state index contributed by atoms with van der Waals surface area (Å²) in [4.78, 5) is 0. The van der Waals surface area contributed by atoms with Gasteiger partial charge >= 0.3 is 0 Å². The highest BCUT2D eigenvalue weighted by molar-refractivity contribution is 5.99. The Bertz CT molecular complexity index is 3710. The first kappa shape index (κ1) is 42.4. The topological polar surface area (TPSA) is 40.5 Å². The van der Waals surface area contributed by atoms with Crippen LogP contribution in [-0.2, 0) is 5.41 Å². The van der Waals surface area contributed by atoms with Gasteiger partial charge in [-0.1, -0.05) is 170 Å². The van der Waals surface area contributed by atoms with E-state index >= 15 is 0 Å². The van der Waals surface area contributed by atoms with Gasteiger partial charge in [-0.3, -0.25) is 0 Å². The third-order valence-electron chi connectivity index (χ3n) is 15.7. The van der Waals surface area contributed by atoms with Gasteiger partial charge in [0, 0.05) is 22.3 Å². The van der Waals surface area contributed by atoms with Crippen molar-refractivity contribution in [2.24, 2.45) is 0 Å². The molecule has 2 heteroatoms. The molecule has 0 fully saturated rings. The fourth-order valence-electron chi connectivity index (χ4n) is 12.1. The van der Waals surface area contributed by atoms with Crippen LogP contribution in [0.3, 0.4) is 0 Å². The predicted molar refractivity (Wildman–Crippen MR) is 298 cm³/mol. The van der Waals surface area contributed by atoms with Gasteiger partial charge in [0.15, 0.2) is 0 Å². The van der Waals surface area contributed by atoms with Gasteiger partial charge in [-0.2, -0.15) is 0 Å². The van der Waals surface area contributed by atoms with Crippen molar-refractivity contribution in [1.29, 1.82) is 0 Å². The molecule has 13 rings (SSSR count). The Morgan fingerprint density at radius 2 is 0.549 bits per heavy atom. The van der Waals surface area contributed by atoms with Gasteiger partial charge in [-0.15, -0.1) is 0 Å². The first-order valence-corrected chi connectivity index (χ1v) is 24.6. The molecule has 2 N–H and O–H groups in total. The molecule has 0 saturated carbocycles. The highest BCUT2D eigenvalue weighted by Crippen LogP contribution is 2.59. The Kier molecular flexibility index (Phi) is 9.66. The molecular formula is C69H50O2. The van der Waals surface area contributed by atoms with Gasteiger partial charge in [0.1, 0.15) is 11.5 Å². The quantitative estimate of drug-likeness (QED) is 0.174. The smallest absolute Gasteiger partial charge is 0.131 e. The van der Waals surface area contributed by atoms with E-state index in [4.69, 9.17) is 0 Å². The summed E-state index contributed by atoms with van der Waals surface area (Å²) in [6.07, 6.45) is 0. The fraction of sp³-hybridized carbons (Fsp3) is 0.0725. The van der Waals surface area contributed by atoms with E-state index in [-0.39, 0.29) is 11.5 Å². The SMILES string of the molecule is Cc1cccc2cc(-c3cc(C4(c5cc(-c6ccc7c(C)cccc7c6)c(O)c(-c6ccc7c(C)cccc7c6)c5)c5ccccc5-c5ccccc54)cc(-c4ccc5c(C)cccc5c4)c3O)ccc12. The maximum Gasteiger partial charge on any atom is 0.131 e. The van der Waals surface area contributed by atoms with Crippen molar-refractivity contribution in [3.8, 4) is 67.1 Å². The van der Waals surface area contributed by atoms with Crippen LogP contribution in [0.1, 0.15) is 44.5 Å². The second-order valence-corrected chi connectivity index (χ2v) is 19.7. The molecule has 1 aliphatic rings. The number of hydrogen-bond donors (Lipinski definition) is 2. The third kappa shape index (κ3) is 6.55. The Hall–Kier alpha value is -8.72. The van der Waals surface area contributed by atoms with E-state index in [1.165, 1.54) is 43.8 Å². The molecule has 0 aliphatic heterocycles. The molecule has 0 heterocycles. The zero-order valence-corrected chi connectivity index (χ0v) is 40.2. The number of hydrogen-bond acceptors (Lipinski definition) is 2. The molecule has 2 nitrogen and oxygen atoms in total. The molecule has 12 aromatic rings. The molecule has 0 aromatic heterocycles. The minimum atomic E-state index is -0.927. The molecule has 0 amide bonds. The zero-order chi connectivity index (χ0) is 48.1. The number of aryl methyl sites for hydroxylation is 4. The highest BCUT2D eigenvalue weighted by atomic mass is 16.3. The molecule has 0 radical (unpaired) electrons. The van der Waals surface area contributed by atoms with Crippen LogP contribution in [0.2, 0.25) is 0 Å². The standard InChI is InChI=1S/C69H50O2/c1-41-13-9-17-45-33-49(25-29-55(41)45)61-37-53(38-62(67(61)70)50-26-30-56-42(2)14-10-18-46(56)34-50)69(65-23-7-5-21-59(65)60-22-6-8-24-66(60)69)54-39-63(51-27-31-57-43(3)15-11-19-47(57)35-51)68(71)64(40-54)52-28-32-58-44(4)16-12-20-48(58)36-52/h5-40,70-71H,1-4H3. The molecule has 0 bridgehead atoms. The van der Waals surface area contributed by atoms with Crippen molar-refractivity contribution in [3.05, 3.63) is 263 Å². The molecule has 0 unspecified atom stereocenters. The summed E-state index contributed by atoms with van der Waals surface area (Å²) in [7, 11) is 0. The second-order valence-electron chi connectivity index (χ2n) is 19.7. The van der Waals surface area contributed by atoms with Crippen molar-refractivity contribution < 1.29 is 10.2 Å². The van der Waals surface area contributed by atoms with E-state index in [2.05, 4.69) is 246 Å². The number of fused-ring (bicyclic) bond motifs is 7. The van der Waals surface area contributed by atoms with Crippen LogP contribution in [0.25, 0.3) is 98.7 Å². The normalized spacial score (nSPS) is 12.7. The summed E-state index contributed by atoms with van der Waals surface area (Å²) in [5.41, 5.74) is 17.2. The number of aromatic hydroxyl groups is 2. The third-order valence-corrected chi connectivity index (χ3v) is 15.7. The average Bonchev–Trinajstić information content (AvgIpc) is 3.70. The lowest BCUT2D eigenvalue weighted by atomic mass is 9.66. The van der Waals surface area contributed by atoms with E-state index in [0.717, 1.165) is 99.4 Å². The van der Waals surface area contributed by atoms with Crippen LogP contribution in [0.15, 0.2) is 218 Å². The average molecular weight is 911 g/mol. The molecule has 71 heavy (non-hydrogen) atoms. The van der Waals surface area contributed by atoms with Gasteiger partial charge in [0.05, 0.1) is 5.41 Å². The van der Waals surface area contributed by atoms with Gasteiger partial charge < -0.3 is 10.2 Å². The maximum atomic E-state index is 13.0. The Morgan fingerprint density at radius 3 is 0.845 bits per heavy atom. The summed E-state index contributed by atoms with van der Waals surface area (Å²) in [5.74, 6) is 0.458. The van der Waals surface area contributed by atoms with Gasteiger partial charge in [0.2, 0.25) is 0 Å². The Balaban J connectivity index is 1.17. The van der Waals surface area contributed by atoms with Crippen LogP contribution < -0.4 is 0 Å². The Labute approximate surface area is 414 Å². The Morgan fingerprint density at radius 1 is 0.268 bits per heavy atom. The first-order valence-electron chi connectivity index (χ1n) is 24.6. The zero-order valence-electron chi connectivity index (χ0n) is 40.2. The summed E-state index contributed by atoms with van der Waals surface area (Å²) >= 11 is 0. The largest absolute Gasteiger partial charge is 0.507 e. The van der Waals surface area contributed by atoms with Crippen molar-refractivity contribution in [2.45, 2.75) is 33.1 Å². The lowest BCUT2D eigenvalue weighted by Gasteiger charge is -2.36. The summed E-state index contributed by atoms with van der Waals surface area (Å²) in [6.45, 7) is 8.60. The minimum Gasteiger partial charge on any atom is -0.507 e. The van der Waals surface area contributed by atoms with Crippen molar-refractivity contribution >= 4 is 43.1 Å². The van der Waals surface area contributed by atoms with Crippen molar-refractivity contribution in [1.82, 2.24) is 0 Å². The molecule has 0 atom stereocenters. The molecular weight excluding hydrogens is 861 g/mol. The lowest BCUT2D eigenvalue weighted by Crippen LogP contribution is -2.29. The van der Waals surface area contributed by atoms with E-state index in [1.54, 1.807) is 0 Å². The van der Waals surface area contributed by atoms with Crippen LogP contribution in [-0.4, -0.2) is 10.2 Å².